The number of nitrogens with one attached hydrogen (secondary N) is 1. The molecule has 1 unspecified atom stereocenters. The average Bonchev–Trinajstić information content (AvgIpc) is 3.43. The number of alkyl halides is 6. The first-order valence-corrected chi connectivity index (χ1v) is 11.2. The van der Waals surface area contributed by atoms with E-state index < -0.39 is 57.0 Å². The van der Waals surface area contributed by atoms with Crippen LogP contribution in [0.4, 0.5) is 26.3 Å². The summed E-state index contributed by atoms with van der Waals surface area (Å²) in [5.74, 6) is -1.47. The lowest BCUT2D eigenvalue weighted by Gasteiger charge is -2.38. The van der Waals surface area contributed by atoms with E-state index in [1.54, 1.807) is 0 Å². The largest absolute Gasteiger partial charge is 0.459 e. The number of amides is 1. The van der Waals surface area contributed by atoms with Gasteiger partial charge in [-0.15, -0.1) is 0 Å². The Balaban J connectivity index is 2.13. The Morgan fingerprint density at radius 1 is 0.744 bits per heavy atom. The summed E-state index contributed by atoms with van der Waals surface area (Å²) in [7, 11) is 0. The number of carbonyl (C=O) groups excluding carboxylic acids is 1. The van der Waals surface area contributed by atoms with E-state index in [0.717, 1.165) is 30.5 Å². The molecule has 1 atom stereocenters. The van der Waals surface area contributed by atoms with Gasteiger partial charge >= 0.3 is 12.4 Å². The molecule has 202 valence electrons. The molecular weight excluding hydrogens is 530 g/mol. The first-order valence-electron chi connectivity index (χ1n) is 11.2. The third-order valence-corrected chi connectivity index (χ3v) is 6.08. The molecule has 0 saturated heterocycles. The van der Waals surface area contributed by atoms with Crippen LogP contribution in [-0.2, 0) is 17.9 Å². The monoisotopic (exact) mass is 548 g/mol. The van der Waals surface area contributed by atoms with Crippen molar-refractivity contribution in [2.75, 3.05) is 0 Å². The minimum atomic E-state index is -4.91. The van der Waals surface area contributed by atoms with Crippen LogP contribution in [0.15, 0.2) is 102 Å². The highest BCUT2D eigenvalue weighted by Gasteiger charge is 2.53. The van der Waals surface area contributed by atoms with Crippen LogP contribution in [0.25, 0.3) is 0 Å². The summed E-state index contributed by atoms with van der Waals surface area (Å²) in [6, 6.07) is 14.0. The van der Waals surface area contributed by atoms with Crippen LogP contribution in [0.3, 0.4) is 0 Å². The van der Waals surface area contributed by atoms with Crippen molar-refractivity contribution in [3.63, 3.8) is 0 Å². The van der Waals surface area contributed by atoms with E-state index >= 15 is 0 Å². The lowest BCUT2D eigenvalue weighted by molar-refractivity contribution is -0.541. The zero-order valence-corrected chi connectivity index (χ0v) is 19.7. The second-order valence-corrected chi connectivity index (χ2v) is 8.50. The van der Waals surface area contributed by atoms with Gasteiger partial charge in [0.25, 0.3) is 11.9 Å². The van der Waals surface area contributed by atoms with Crippen molar-refractivity contribution in [3.8, 4) is 0 Å². The first-order chi connectivity index (χ1) is 18.3. The summed E-state index contributed by atoms with van der Waals surface area (Å²) in [4.78, 5) is 25.2. The molecule has 0 aliphatic heterocycles. The summed E-state index contributed by atoms with van der Waals surface area (Å²) in [6.45, 7) is 0. The zero-order valence-electron chi connectivity index (χ0n) is 19.7. The fraction of sp³-hybridized carbons (Fsp3) is 0.148. The van der Waals surface area contributed by atoms with Gasteiger partial charge in [-0.05, 0) is 47.5 Å². The zero-order chi connectivity index (χ0) is 28.4. The van der Waals surface area contributed by atoms with Crippen LogP contribution in [0.1, 0.15) is 44.4 Å². The maximum Gasteiger partial charge on any atom is 0.416 e. The van der Waals surface area contributed by atoms with Crippen LogP contribution in [-0.4, -0.2) is 10.8 Å². The molecule has 6 nitrogen and oxygen atoms in total. The van der Waals surface area contributed by atoms with E-state index in [9.17, 15) is 41.3 Å². The first kappa shape index (κ1) is 27.4. The molecule has 4 rings (SSSR count). The Morgan fingerprint density at radius 2 is 1.26 bits per heavy atom. The fourth-order valence-corrected chi connectivity index (χ4v) is 4.39. The predicted octanol–water partition coefficient (Wildman–Crippen LogP) is 7.01. The molecule has 0 saturated carbocycles. The molecule has 39 heavy (non-hydrogen) atoms. The molecule has 0 bridgehead atoms. The Labute approximate surface area is 217 Å². The number of hydrogen-bond acceptors (Lipinski definition) is 4. The van der Waals surface area contributed by atoms with Crippen molar-refractivity contribution >= 4 is 5.91 Å². The maximum atomic E-state index is 13.8. The van der Waals surface area contributed by atoms with Gasteiger partial charge in [0.05, 0.1) is 17.4 Å². The van der Waals surface area contributed by atoms with Crippen molar-refractivity contribution in [2.45, 2.75) is 23.9 Å². The standard InChI is InChI=1S/C27H18F6N2O4/c28-26(29,30)20-11-4-9-18(15-20)25(34-24(36)22-13-6-14-39-22,19-10-5-12-21(16-19)27(31,32)33)23(35(37)38)17-7-2-1-3-8-17/h1-16,23H,(H,34,36). The number of nitrogens with zero attached hydrogens (tertiary/aromatic N) is 1. The number of carbonyl (C=O) groups is 1. The van der Waals surface area contributed by atoms with E-state index in [4.69, 9.17) is 4.42 Å². The summed E-state index contributed by atoms with van der Waals surface area (Å²) < 4.78 is 87.6. The SMILES string of the molecule is O=C(NC(c1cccc(C(F)(F)F)c1)(c1cccc(C(F)(F)F)c1)C(c1ccccc1)[N+](=O)[O-])c1ccco1. The van der Waals surface area contributed by atoms with Crippen LogP contribution >= 0.6 is 0 Å². The average molecular weight is 548 g/mol. The molecule has 0 aliphatic rings. The minimum Gasteiger partial charge on any atom is -0.459 e. The summed E-state index contributed by atoms with van der Waals surface area (Å²) in [5.41, 5.74) is -6.05. The van der Waals surface area contributed by atoms with Crippen LogP contribution < -0.4 is 5.32 Å². The molecular formula is C27H18F6N2O4. The van der Waals surface area contributed by atoms with E-state index in [0.29, 0.717) is 24.3 Å². The smallest absolute Gasteiger partial charge is 0.416 e. The molecule has 1 aromatic heterocycles. The second-order valence-electron chi connectivity index (χ2n) is 8.50. The molecule has 0 aliphatic carbocycles. The molecule has 0 spiro atoms. The summed E-state index contributed by atoms with van der Waals surface area (Å²) in [5, 5.41) is 15.1. The molecule has 0 radical (unpaired) electrons. The minimum absolute atomic E-state index is 0.0860. The van der Waals surface area contributed by atoms with Crippen LogP contribution in [0, 0.1) is 10.1 Å². The van der Waals surface area contributed by atoms with Crippen molar-refractivity contribution < 1.29 is 40.5 Å². The lowest BCUT2D eigenvalue weighted by atomic mass is 9.73. The maximum absolute atomic E-state index is 13.8. The molecule has 1 heterocycles. The lowest BCUT2D eigenvalue weighted by Crippen LogP contribution is -2.53. The third kappa shape index (κ3) is 5.49. The fourth-order valence-electron chi connectivity index (χ4n) is 4.39. The van der Waals surface area contributed by atoms with Gasteiger partial charge in [0.2, 0.25) is 0 Å². The third-order valence-electron chi connectivity index (χ3n) is 6.08. The topological polar surface area (TPSA) is 85.4 Å². The molecule has 1 amide bonds. The Bertz CT molecular complexity index is 1410. The van der Waals surface area contributed by atoms with E-state index in [1.165, 1.54) is 42.5 Å². The molecule has 12 heteroatoms. The van der Waals surface area contributed by atoms with Crippen molar-refractivity contribution in [1.82, 2.24) is 5.32 Å². The number of rotatable bonds is 7. The molecule has 0 fully saturated rings. The number of nitro groups is 1. The van der Waals surface area contributed by atoms with Gasteiger partial charge in [0.1, 0.15) is 0 Å². The van der Waals surface area contributed by atoms with E-state index in [2.05, 4.69) is 5.32 Å². The van der Waals surface area contributed by atoms with Crippen molar-refractivity contribution in [1.29, 1.82) is 0 Å². The predicted molar refractivity (Wildman–Crippen MR) is 126 cm³/mol. The molecule has 3 aromatic carbocycles. The van der Waals surface area contributed by atoms with E-state index in [1.807, 2.05) is 0 Å². The van der Waals surface area contributed by atoms with Gasteiger partial charge in [-0.25, -0.2) is 0 Å². The number of halogens is 6. The molecule has 4 aromatic rings. The highest BCUT2D eigenvalue weighted by molar-refractivity contribution is 5.92. The van der Waals surface area contributed by atoms with Crippen molar-refractivity contribution in [3.05, 3.63) is 141 Å². The second kappa shape index (κ2) is 10.3. The normalized spacial score (nSPS) is 13.1. The summed E-state index contributed by atoms with van der Waals surface area (Å²) >= 11 is 0. The van der Waals surface area contributed by atoms with Crippen molar-refractivity contribution in [2.24, 2.45) is 0 Å². The highest BCUT2D eigenvalue weighted by Crippen LogP contribution is 2.46. The van der Waals surface area contributed by atoms with Gasteiger partial charge in [0.15, 0.2) is 11.3 Å². The van der Waals surface area contributed by atoms with Crippen LogP contribution in [0.2, 0.25) is 0 Å². The Kier molecular flexibility index (Phi) is 7.23. The number of hydrogen-bond donors (Lipinski definition) is 1. The quantitative estimate of drug-likeness (QED) is 0.153. The number of furan rings is 1. The van der Waals surface area contributed by atoms with Gasteiger partial charge < -0.3 is 9.73 Å². The van der Waals surface area contributed by atoms with Crippen LogP contribution in [0.5, 0.6) is 0 Å². The van der Waals surface area contributed by atoms with Gasteiger partial charge in [-0.3, -0.25) is 14.9 Å². The summed E-state index contributed by atoms with van der Waals surface area (Å²) in [6.07, 6.45) is -8.69. The Morgan fingerprint density at radius 3 is 1.69 bits per heavy atom. The van der Waals surface area contributed by atoms with Gasteiger partial charge in [-0.1, -0.05) is 54.6 Å². The highest BCUT2D eigenvalue weighted by atomic mass is 19.4. The molecule has 1 N–H and O–H groups in total. The van der Waals surface area contributed by atoms with Gasteiger partial charge in [-0.2, -0.15) is 26.3 Å². The Hall–Kier alpha value is -4.61. The van der Waals surface area contributed by atoms with E-state index in [-0.39, 0.29) is 11.3 Å². The number of benzene rings is 3. The van der Waals surface area contributed by atoms with Gasteiger partial charge in [0, 0.05) is 10.5 Å².